The van der Waals surface area contributed by atoms with E-state index in [-0.39, 0.29) is 41.6 Å². The van der Waals surface area contributed by atoms with Gasteiger partial charge in [-0.25, -0.2) is 4.39 Å². The normalized spacial score (nSPS) is 17.6. The number of likely N-dealkylation sites (tertiary alicyclic amines) is 1. The van der Waals surface area contributed by atoms with Gasteiger partial charge in [-0.15, -0.1) is 0 Å². The van der Waals surface area contributed by atoms with Crippen molar-refractivity contribution in [1.82, 2.24) is 9.80 Å². The van der Waals surface area contributed by atoms with Crippen LogP contribution in [0.5, 0.6) is 5.75 Å². The number of rotatable bonds is 7. The minimum Gasteiger partial charge on any atom is -0.507 e. The Bertz CT molecular complexity index is 1390. The van der Waals surface area contributed by atoms with Crippen molar-refractivity contribution < 1.29 is 23.9 Å². The van der Waals surface area contributed by atoms with Crippen LogP contribution >= 0.6 is 0 Å². The molecular formula is C31H33FN4O4. The van der Waals surface area contributed by atoms with Crippen LogP contribution in [-0.2, 0) is 9.59 Å². The summed E-state index contributed by atoms with van der Waals surface area (Å²) in [6.45, 7) is 5.71. The zero-order valence-electron chi connectivity index (χ0n) is 22.5. The zero-order valence-corrected chi connectivity index (χ0v) is 22.5. The highest BCUT2D eigenvalue weighted by atomic mass is 19.1. The first-order valence-electron chi connectivity index (χ1n) is 13.5. The molecule has 208 valence electrons. The third-order valence-electron chi connectivity index (χ3n) is 7.69. The molecule has 0 unspecified atom stereocenters. The fourth-order valence-corrected chi connectivity index (χ4v) is 5.32. The molecule has 0 aromatic heterocycles. The number of aromatic hydroxyl groups is 1. The van der Waals surface area contributed by atoms with Crippen LogP contribution in [0.2, 0.25) is 0 Å². The number of phenols is 1. The number of phenolic OH excluding ortho intramolecular Hbond substituents is 1. The molecule has 8 nitrogen and oxygen atoms in total. The van der Waals surface area contributed by atoms with Gasteiger partial charge in [-0.2, -0.15) is 0 Å². The highest BCUT2D eigenvalue weighted by molar-refractivity contribution is 5.95. The number of carbonyl (C=O) groups is 3. The Morgan fingerprint density at radius 1 is 0.925 bits per heavy atom. The predicted octanol–water partition coefficient (Wildman–Crippen LogP) is 4.01. The fourth-order valence-electron chi connectivity index (χ4n) is 5.32. The topological polar surface area (TPSA) is 93.2 Å². The summed E-state index contributed by atoms with van der Waals surface area (Å²) in [5.74, 6) is -0.589. The molecule has 1 atom stereocenters. The average Bonchev–Trinajstić information content (AvgIpc) is 3.43. The maximum atomic E-state index is 13.3. The molecule has 0 aliphatic carbocycles. The first-order valence-corrected chi connectivity index (χ1v) is 13.5. The van der Waals surface area contributed by atoms with E-state index in [1.54, 1.807) is 31.2 Å². The molecule has 9 heteroatoms. The lowest BCUT2D eigenvalue weighted by molar-refractivity contribution is -0.132. The zero-order chi connectivity index (χ0) is 28.2. The number of hydrogen-bond acceptors (Lipinski definition) is 6. The van der Waals surface area contributed by atoms with Crippen LogP contribution in [0, 0.1) is 11.7 Å². The van der Waals surface area contributed by atoms with Crippen LogP contribution in [0.4, 0.5) is 15.8 Å². The molecule has 2 heterocycles. The van der Waals surface area contributed by atoms with Gasteiger partial charge >= 0.3 is 0 Å². The van der Waals surface area contributed by atoms with Crippen molar-refractivity contribution in [2.45, 2.75) is 13.3 Å². The van der Waals surface area contributed by atoms with E-state index in [0.29, 0.717) is 55.0 Å². The van der Waals surface area contributed by atoms with Gasteiger partial charge in [0, 0.05) is 55.2 Å². The summed E-state index contributed by atoms with van der Waals surface area (Å²) in [5, 5.41) is 13.2. The molecule has 2 fully saturated rings. The Morgan fingerprint density at radius 3 is 2.30 bits per heavy atom. The van der Waals surface area contributed by atoms with Gasteiger partial charge in [0.25, 0.3) is 0 Å². The van der Waals surface area contributed by atoms with Crippen molar-refractivity contribution >= 4 is 29.0 Å². The summed E-state index contributed by atoms with van der Waals surface area (Å²) < 4.78 is 13.3. The SMILES string of the molecule is CC(=O)c1ccc(N2CCN(C(=O)CN3CC[C@@H](C(=O)Nc4ccc(O)c(-c5ccc(F)cc5)c4)C3)CC2)cc1. The van der Waals surface area contributed by atoms with Crippen molar-refractivity contribution in [2.75, 3.05) is 56.0 Å². The average molecular weight is 545 g/mol. The van der Waals surface area contributed by atoms with E-state index in [4.69, 9.17) is 0 Å². The minimum atomic E-state index is -0.364. The largest absolute Gasteiger partial charge is 0.507 e. The van der Waals surface area contributed by atoms with Gasteiger partial charge in [0.15, 0.2) is 5.78 Å². The Kier molecular flexibility index (Phi) is 8.11. The van der Waals surface area contributed by atoms with Crippen molar-refractivity contribution in [3.63, 3.8) is 0 Å². The molecule has 0 saturated carbocycles. The molecule has 2 amide bonds. The van der Waals surface area contributed by atoms with Crippen molar-refractivity contribution in [3.05, 3.63) is 78.1 Å². The summed E-state index contributed by atoms with van der Waals surface area (Å²) in [5.41, 5.74) is 3.43. The first kappa shape index (κ1) is 27.3. The number of ketones is 1. The number of nitrogens with one attached hydrogen (secondary N) is 1. The number of benzene rings is 3. The molecule has 0 bridgehead atoms. The van der Waals surface area contributed by atoms with Crippen LogP contribution in [0.25, 0.3) is 11.1 Å². The van der Waals surface area contributed by atoms with E-state index in [2.05, 4.69) is 10.2 Å². The molecule has 5 rings (SSSR count). The van der Waals surface area contributed by atoms with Crippen LogP contribution < -0.4 is 10.2 Å². The monoisotopic (exact) mass is 544 g/mol. The molecule has 2 aliphatic rings. The number of Topliss-reactive ketones (excluding diaryl/α,β-unsaturated/α-hetero) is 1. The van der Waals surface area contributed by atoms with Gasteiger partial charge in [0.2, 0.25) is 11.8 Å². The van der Waals surface area contributed by atoms with Crippen LogP contribution in [-0.4, -0.2) is 78.3 Å². The molecule has 3 aromatic rings. The lowest BCUT2D eigenvalue weighted by Crippen LogP contribution is -2.51. The highest BCUT2D eigenvalue weighted by Gasteiger charge is 2.31. The van der Waals surface area contributed by atoms with E-state index < -0.39 is 0 Å². The smallest absolute Gasteiger partial charge is 0.236 e. The Hall–Kier alpha value is -4.24. The van der Waals surface area contributed by atoms with Crippen molar-refractivity contribution in [2.24, 2.45) is 5.92 Å². The number of amides is 2. The predicted molar refractivity (Wildman–Crippen MR) is 152 cm³/mol. The standard InChI is InChI=1S/C31H33FN4O4/c1-21(37)22-4-9-27(10-5-22)35-14-16-36(17-15-35)30(39)20-34-13-12-24(19-34)31(40)33-26-8-11-29(38)28(18-26)23-2-6-25(32)7-3-23/h2-11,18,24,38H,12-17,19-20H2,1H3,(H,33,40)/t24-/m1/s1. The van der Waals surface area contributed by atoms with E-state index in [0.717, 1.165) is 18.8 Å². The fraction of sp³-hybridized carbons (Fsp3) is 0.323. The molecule has 0 radical (unpaired) electrons. The second kappa shape index (κ2) is 11.9. The second-order valence-corrected chi connectivity index (χ2v) is 10.4. The second-order valence-electron chi connectivity index (χ2n) is 10.4. The van der Waals surface area contributed by atoms with Crippen molar-refractivity contribution in [3.8, 4) is 16.9 Å². The van der Waals surface area contributed by atoms with Gasteiger partial charge in [0.05, 0.1) is 12.5 Å². The van der Waals surface area contributed by atoms with Crippen LogP contribution in [0.3, 0.4) is 0 Å². The molecule has 0 spiro atoms. The molecular weight excluding hydrogens is 511 g/mol. The molecule has 2 N–H and O–H groups in total. The molecule has 40 heavy (non-hydrogen) atoms. The molecule has 2 aliphatic heterocycles. The van der Waals surface area contributed by atoms with E-state index in [1.807, 2.05) is 34.1 Å². The van der Waals surface area contributed by atoms with Crippen LogP contribution in [0.15, 0.2) is 66.7 Å². The van der Waals surface area contributed by atoms with Gasteiger partial charge in [0.1, 0.15) is 11.6 Å². The maximum Gasteiger partial charge on any atom is 0.236 e. The summed E-state index contributed by atoms with van der Waals surface area (Å²) >= 11 is 0. The third-order valence-corrected chi connectivity index (χ3v) is 7.69. The van der Waals surface area contributed by atoms with Gasteiger partial charge in [-0.1, -0.05) is 12.1 Å². The van der Waals surface area contributed by atoms with E-state index >= 15 is 0 Å². The number of piperazine rings is 1. The molecule has 2 saturated heterocycles. The summed E-state index contributed by atoms with van der Waals surface area (Å²) in [6, 6.07) is 18.2. The molecule has 3 aromatic carbocycles. The highest BCUT2D eigenvalue weighted by Crippen LogP contribution is 2.32. The van der Waals surface area contributed by atoms with E-state index in [9.17, 15) is 23.9 Å². The number of halogens is 1. The maximum absolute atomic E-state index is 13.3. The number of hydrogen-bond donors (Lipinski definition) is 2. The Morgan fingerprint density at radius 2 is 1.62 bits per heavy atom. The third kappa shape index (κ3) is 6.31. The van der Waals surface area contributed by atoms with Crippen molar-refractivity contribution in [1.29, 1.82) is 0 Å². The number of nitrogens with zero attached hydrogens (tertiary/aromatic N) is 3. The first-order chi connectivity index (χ1) is 19.3. The summed E-state index contributed by atoms with van der Waals surface area (Å²) in [6.07, 6.45) is 0.659. The number of carbonyl (C=O) groups excluding carboxylic acids is 3. The quantitative estimate of drug-likeness (QED) is 0.345. The summed E-state index contributed by atoms with van der Waals surface area (Å²) in [4.78, 5) is 43.6. The number of anilines is 2. The Labute approximate surface area is 233 Å². The van der Waals surface area contributed by atoms with Gasteiger partial charge in [-0.3, -0.25) is 19.3 Å². The van der Waals surface area contributed by atoms with Crippen LogP contribution in [0.1, 0.15) is 23.7 Å². The lowest BCUT2D eigenvalue weighted by Gasteiger charge is -2.36. The Balaban J connectivity index is 1.10. The lowest BCUT2D eigenvalue weighted by atomic mass is 10.0. The summed E-state index contributed by atoms with van der Waals surface area (Å²) in [7, 11) is 0. The van der Waals surface area contributed by atoms with E-state index in [1.165, 1.54) is 18.2 Å². The van der Waals surface area contributed by atoms with Gasteiger partial charge < -0.3 is 20.2 Å². The van der Waals surface area contributed by atoms with Gasteiger partial charge in [-0.05, 0) is 80.1 Å². The minimum absolute atomic E-state index is 0.0416.